The van der Waals surface area contributed by atoms with Crippen LogP contribution in [0.1, 0.15) is 33.1 Å². The van der Waals surface area contributed by atoms with E-state index in [1.165, 1.54) is 13.8 Å². The van der Waals surface area contributed by atoms with Gasteiger partial charge in [-0.05, 0) is 26.7 Å². The Hall–Kier alpha value is -1.44. The van der Waals surface area contributed by atoms with Crippen LogP contribution in [-0.2, 0) is 20.4 Å². The van der Waals surface area contributed by atoms with Crippen LogP contribution in [0.15, 0.2) is 0 Å². The Morgan fingerprint density at radius 1 is 1.25 bits per heavy atom. The smallest absolute Gasteiger partial charge is 0.321 e. The van der Waals surface area contributed by atoms with Crippen LogP contribution in [0.25, 0.3) is 0 Å². The van der Waals surface area contributed by atoms with Crippen molar-refractivity contribution >= 4 is 28.7 Å². The summed E-state index contributed by atoms with van der Waals surface area (Å²) in [6.07, 6.45) is 0.966. The maximum Gasteiger partial charge on any atom is 0.321 e. The molecule has 0 spiro atoms. The fourth-order valence-electron chi connectivity index (χ4n) is 1.81. The molecular weight excluding hydrogens is 284 g/mol. The number of carbonyl (C=O) groups is 3. The summed E-state index contributed by atoms with van der Waals surface area (Å²) in [5.74, 6) is -0.632. The molecule has 0 aromatic rings. The highest BCUT2D eigenvalue weighted by Gasteiger charge is 2.31. The molecule has 3 amide bonds. The molecule has 1 fully saturated rings. The summed E-state index contributed by atoms with van der Waals surface area (Å²) < 4.78 is 11.2. The van der Waals surface area contributed by atoms with Gasteiger partial charge in [0.15, 0.2) is 0 Å². The number of nitrogens with one attached hydrogen (secondary N) is 2. The van der Waals surface area contributed by atoms with Gasteiger partial charge in [-0.3, -0.25) is 19.1 Å². The molecule has 1 heterocycles. The van der Waals surface area contributed by atoms with Gasteiger partial charge in [-0.25, -0.2) is 4.79 Å². The first kappa shape index (κ1) is 16.6. The second-order valence-electron chi connectivity index (χ2n) is 5.51. The number of hydrogen-bond donors (Lipinski definition) is 3. The lowest BCUT2D eigenvalue weighted by Crippen LogP contribution is -2.47. The van der Waals surface area contributed by atoms with Crippen LogP contribution in [0.3, 0.4) is 0 Å². The predicted molar refractivity (Wildman–Crippen MR) is 73.6 cm³/mol. The SMILES string of the molecule is CC(C)(CC(=O)NC(=O)NC1CCS(=O)CC1)C(=O)O. The molecule has 0 aromatic heterocycles. The maximum atomic E-state index is 11.6. The fourth-order valence-corrected chi connectivity index (χ4v) is 3.11. The third-order valence-corrected chi connectivity index (χ3v) is 4.54. The first-order chi connectivity index (χ1) is 9.20. The zero-order valence-electron chi connectivity index (χ0n) is 11.6. The summed E-state index contributed by atoms with van der Waals surface area (Å²) in [5, 5.41) is 13.7. The van der Waals surface area contributed by atoms with Crippen molar-refractivity contribution in [3.63, 3.8) is 0 Å². The summed E-state index contributed by atoms with van der Waals surface area (Å²) in [5.41, 5.74) is -1.22. The molecule has 20 heavy (non-hydrogen) atoms. The number of urea groups is 1. The van der Waals surface area contributed by atoms with Crippen molar-refractivity contribution in [1.29, 1.82) is 0 Å². The molecule has 114 valence electrons. The van der Waals surface area contributed by atoms with Crippen LogP contribution in [0.2, 0.25) is 0 Å². The van der Waals surface area contributed by atoms with Crippen molar-refractivity contribution in [3.8, 4) is 0 Å². The average molecular weight is 304 g/mol. The van der Waals surface area contributed by atoms with Gasteiger partial charge in [-0.2, -0.15) is 0 Å². The highest BCUT2D eigenvalue weighted by Crippen LogP contribution is 2.19. The van der Waals surface area contributed by atoms with E-state index < -0.39 is 34.1 Å². The van der Waals surface area contributed by atoms with E-state index in [9.17, 15) is 18.6 Å². The van der Waals surface area contributed by atoms with E-state index in [1.54, 1.807) is 0 Å². The summed E-state index contributed by atoms with van der Waals surface area (Å²) in [7, 11) is -0.809. The number of hydrogen-bond acceptors (Lipinski definition) is 4. The Balaban J connectivity index is 2.37. The third kappa shape index (κ3) is 5.28. The number of amides is 3. The molecule has 1 saturated heterocycles. The minimum absolute atomic E-state index is 0.0898. The number of carboxylic acids is 1. The lowest BCUT2D eigenvalue weighted by atomic mass is 9.89. The van der Waals surface area contributed by atoms with Crippen LogP contribution in [-0.4, -0.2) is 44.8 Å². The van der Waals surface area contributed by atoms with Crippen LogP contribution in [0.5, 0.6) is 0 Å². The van der Waals surface area contributed by atoms with E-state index in [1.807, 2.05) is 0 Å². The Morgan fingerprint density at radius 2 is 1.80 bits per heavy atom. The molecule has 0 radical (unpaired) electrons. The van der Waals surface area contributed by atoms with E-state index in [0.29, 0.717) is 24.3 Å². The van der Waals surface area contributed by atoms with Gasteiger partial charge in [-0.1, -0.05) is 0 Å². The number of rotatable bonds is 4. The van der Waals surface area contributed by atoms with E-state index in [0.717, 1.165) is 0 Å². The molecule has 1 rings (SSSR count). The molecule has 8 heteroatoms. The van der Waals surface area contributed by atoms with E-state index in [-0.39, 0.29) is 12.5 Å². The maximum absolute atomic E-state index is 11.6. The van der Waals surface area contributed by atoms with E-state index >= 15 is 0 Å². The largest absolute Gasteiger partial charge is 0.481 e. The molecular formula is C12H20N2O5S. The molecule has 0 bridgehead atoms. The van der Waals surface area contributed by atoms with E-state index in [2.05, 4.69) is 10.6 Å². The first-order valence-electron chi connectivity index (χ1n) is 6.39. The third-order valence-electron chi connectivity index (χ3n) is 3.16. The first-order valence-corrected chi connectivity index (χ1v) is 7.88. The van der Waals surface area contributed by atoms with Gasteiger partial charge in [-0.15, -0.1) is 0 Å². The molecule has 7 nitrogen and oxygen atoms in total. The summed E-state index contributed by atoms with van der Waals surface area (Å²) >= 11 is 0. The Bertz CT molecular complexity index is 426. The van der Waals surface area contributed by atoms with Gasteiger partial charge in [0.2, 0.25) is 5.91 Å². The van der Waals surface area contributed by atoms with Crippen LogP contribution >= 0.6 is 0 Å². The van der Waals surface area contributed by atoms with Gasteiger partial charge in [0.1, 0.15) is 0 Å². The van der Waals surface area contributed by atoms with Gasteiger partial charge in [0, 0.05) is 34.8 Å². The minimum atomic E-state index is -1.22. The summed E-state index contributed by atoms with van der Waals surface area (Å²) in [4.78, 5) is 34.1. The lowest BCUT2D eigenvalue weighted by Gasteiger charge is -2.23. The molecule has 0 saturated carbocycles. The van der Waals surface area contributed by atoms with Crippen molar-refractivity contribution in [2.24, 2.45) is 5.41 Å². The van der Waals surface area contributed by atoms with E-state index in [4.69, 9.17) is 5.11 Å². The molecule has 0 atom stereocenters. The van der Waals surface area contributed by atoms with Crippen molar-refractivity contribution in [3.05, 3.63) is 0 Å². The number of imide groups is 1. The molecule has 3 N–H and O–H groups in total. The monoisotopic (exact) mass is 304 g/mol. The Kier molecular flexibility index (Phi) is 5.67. The molecule has 0 unspecified atom stereocenters. The highest BCUT2D eigenvalue weighted by atomic mass is 32.2. The number of aliphatic carboxylic acids is 1. The quantitative estimate of drug-likeness (QED) is 0.688. The van der Waals surface area contributed by atoms with Crippen molar-refractivity contribution in [2.75, 3.05) is 11.5 Å². The van der Waals surface area contributed by atoms with Gasteiger partial charge >= 0.3 is 12.0 Å². The van der Waals surface area contributed by atoms with Crippen LogP contribution in [0.4, 0.5) is 4.79 Å². The number of carbonyl (C=O) groups excluding carboxylic acids is 2. The van der Waals surface area contributed by atoms with Gasteiger partial charge < -0.3 is 10.4 Å². The highest BCUT2D eigenvalue weighted by molar-refractivity contribution is 7.85. The Labute approximate surface area is 120 Å². The van der Waals surface area contributed by atoms with Gasteiger partial charge in [0.05, 0.1) is 5.41 Å². The van der Waals surface area contributed by atoms with Crippen LogP contribution < -0.4 is 10.6 Å². The molecule has 0 aliphatic carbocycles. The van der Waals surface area contributed by atoms with Crippen molar-refractivity contribution in [2.45, 2.75) is 39.2 Å². The molecule has 0 aromatic carbocycles. The summed E-state index contributed by atoms with van der Waals surface area (Å²) in [6.45, 7) is 2.84. The van der Waals surface area contributed by atoms with Gasteiger partial charge in [0.25, 0.3) is 0 Å². The molecule has 1 aliphatic heterocycles. The second-order valence-corrected chi connectivity index (χ2v) is 7.21. The minimum Gasteiger partial charge on any atom is -0.481 e. The zero-order chi connectivity index (χ0) is 15.3. The molecule has 1 aliphatic rings. The predicted octanol–water partition coefficient (Wildman–Crippen LogP) is 0.224. The van der Waals surface area contributed by atoms with Crippen molar-refractivity contribution in [1.82, 2.24) is 10.6 Å². The zero-order valence-corrected chi connectivity index (χ0v) is 12.4. The topological polar surface area (TPSA) is 113 Å². The normalized spacial score (nSPS) is 22.9. The second kappa shape index (κ2) is 6.83. The van der Waals surface area contributed by atoms with Crippen molar-refractivity contribution < 1.29 is 23.7 Å². The average Bonchev–Trinajstić information content (AvgIpc) is 2.30. The van der Waals surface area contributed by atoms with Crippen LogP contribution in [0, 0.1) is 5.41 Å². The fraction of sp³-hybridized carbons (Fsp3) is 0.750. The standard InChI is InChI=1S/C12H20N2O5S/c1-12(2,10(16)17)7-9(15)14-11(18)13-8-3-5-20(19)6-4-8/h8H,3-7H2,1-2H3,(H,16,17)(H2,13,14,15,18). The number of carboxylic acid groups (broad SMARTS) is 1. The lowest BCUT2D eigenvalue weighted by molar-refractivity contribution is -0.149. The Morgan fingerprint density at radius 3 is 2.30 bits per heavy atom. The summed E-state index contributed by atoms with van der Waals surface area (Å²) in [6, 6.07) is -0.721.